The molecule has 0 saturated carbocycles. The summed E-state index contributed by atoms with van der Waals surface area (Å²) in [5.74, 6) is -0.281. The molecule has 0 saturated heterocycles. The predicted octanol–water partition coefficient (Wildman–Crippen LogP) is 7.51. The number of carboxylic acids is 1. The maximum absolute atomic E-state index is 11.0. The Labute approximate surface area is 161 Å². The molecule has 0 aliphatic heterocycles. The predicted molar refractivity (Wildman–Crippen MR) is 112 cm³/mol. The Morgan fingerprint density at radius 2 is 1.38 bits per heavy atom. The van der Waals surface area contributed by atoms with Crippen molar-refractivity contribution in [2.75, 3.05) is 0 Å². The van der Waals surface area contributed by atoms with Crippen molar-refractivity contribution < 1.29 is 9.90 Å². The van der Waals surface area contributed by atoms with Crippen molar-refractivity contribution in [2.24, 2.45) is 0 Å². The molecule has 1 aromatic rings. The van der Waals surface area contributed by atoms with Crippen LogP contribution < -0.4 is 0 Å². The third kappa shape index (κ3) is 10.6. The van der Waals surface area contributed by atoms with Gasteiger partial charge in [0, 0.05) is 6.42 Å². The molecule has 0 amide bonds. The minimum Gasteiger partial charge on any atom is -0.481 e. The van der Waals surface area contributed by atoms with Crippen LogP contribution in [-0.2, 0) is 11.2 Å². The van der Waals surface area contributed by atoms with E-state index in [9.17, 15) is 4.79 Å². The molecule has 1 unspecified atom stereocenters. The van der Waals surface area contributed by atoms with E-state index in [1.54, 1.807) is 0 Å². The van der Waals surface area contributed by atoms with Gasteiger partial charge in [-0.25, -0.2) is 0 Å². The van der Waals surface area contributed by atoms with Gasteiger partial charge >= 0.3 is 5.97 Å². The highest BCUT2D eigenvalue weighted by Gasteiger charge is 2.13. The van der Waals surface area contributed by atoms with E-state index in [0.717, 1.165) is 19.3 Å². The molecule has 148 valence electrons. The largest absolute Gasteiger partial charge is 0.481 e. The lowest BCUT2D eigenvalue weighted by molar-refractivity contribution is -0.137. The first kappa shape index (κ1) is 22.7. The van der Waals surface area contributed by atoms with Crippen molar-refractivity contribution in [2.45, 2.75) is 110 Å². The summed E-state index contributed by atoms with van der Waals surface area (Å²) in [6.07, 6.45) is 16.3. The second kappa shape index (κ2) is 14.8. The van der Waals surface area contributed by atoms with Crippen molar-refractivity contribution >= 4 is 5.97 Å². The normalized spacial score (nSPS) is 12.2. The van der Waals surface area contributed by atoms with Gasteiger partial charge in [-0.15, -0.1) is 0 Å². The van der Waals surface area contributed by atoms with Crippen LogP contribution in [0.25, 0.3) is 0 Å². The summed E-state index contributed by atoms with van der Waals surface area (Å²) in [6, 6.07) is 9.02. The van der Waals surface area contributed by atoms with Gasteiger partial charge in [-0.2, -0.15) is 0 Å². The molecular formula is C24H40O2. The second-order valence-electron chi connectivity index (χ2n) is 7.74. The Bertz CT molecular complexity index is 464. The SMILES string of the molecule is CCCCCCCCC(CCC(=O)O)c1ccc(CCCCCC)cc1. The molecule has 1 N–H and O–H groups in total. The number of hydrogen-bond donors (Lipinski definition) is 1. The number of unbranched alkanes of at least 4 members (excludes halogenated alkanes) is 8. The van der Waals surface area contributed by atoms with Crippen molar-refractivity contribution in [1.29, 1.82) is 0 Å². The molecule has 26 heavy (non-hydrogen) atoms. The van der Waals surface area contributed by atoms with E-state index in [1.807, 2.05) is 0 Å². The molecule has 0 heterocycles. The van der Waals surface area contributed by atoms with Crippen molar-refractivity contribution in [3.63, 3.8) is 0 Å². The molecule has 0 bridgehead atoms. The monoisotopic (exact) mass is 360 g/mol. The van der Waals surface area contributed by atoms with Gasteiger partial charge in [0.2, 0.25) is 0 Å². The minimum absolute atomic E-state index is 0.277. The molecule has 1 aromatic carbocycles. The Kier molecular flexibility index (Phi) is 13.0. The average molecular weight is 361 g/mol. The number of aliphatic carboxylic acids is 1. The summed E-state index contributed by atoms with van der Waals surface area (Å²) in [6.45, 7) is 4.49. The summed E-state index contributed by atoms with van der Waals surface area (Å²) in [5.41, 5.74) is 2.75. The van der Waals surface area contributed by atoms with Crippen LogP contribution in [0.3, 0.4) is 0 Å². The van der Waals surface area contributed by atoms with E-state index in [0.29, 0.717) is 5.92 Å². The standard InChI is InChI=1S/C24H40O2/c1-3-5-7-9-10-12-14-22(19-20-24(25)26)23-17-15-21(16-18-23)13-11-8-6-4-2/h15-18,22H,3-14,19-20H2,1-2H3,(H,25,26). The lowest BCUT2D eigenvalue weighted by Crippen LogP contribution is -2.04. The molecule has 0 radical (unpaired) electrons. The van der Waals surface area contributed by atoms with Gasteiger partial charge in [0.15, 0.2) is 0 Å². The van der Waals surface area contributed by atoms with E-state index < -0.39 is 5.97 Å². The maximum Gasteiger partial charge on any atom is 0.303 e. The lowest BCUT2D eigenvalue weighted by atomic mass is 9.88. The van der Waals surface area contributed by atoms with Crippen LogP contribution in [0.5, 0.6) is 0 Å². The minimum atomic E-state index is -0.675. The Hall–Kier alpha value is -1.31. The third-order valence-corrected chi connectivity index (χ3v) is 5.38. The van der Waals surface area contributed by atoms with E-state index >= 15 is 0 Å². The van der Waals surface area contributed by atoms with Crippen LogP contribution in [0.15, 0.2) is 24.3 Å². The van der Waals surface area contributed by atoms with Crippen LogP contribution in [0.4, 0.5) is 0 Å². The summed E-state index contributed by atoms with van der Waals surface area (Å²) >= 11 is 0. The molecule has 0 aromatic heterocycles. The highest BCUT2D eigenvalue weighted by molar-refractivity contribution is 5.66. The zero-order valence-electron chi connectivity index (χ0n) is 17.1. The molecule has 2 heteroatoms. The Morgan fingerprint density at radius 1 is 0.808 bits per heavy atom. The van der Waals surface area contributed by atoms with Crippen LogP contribution >= 0.6 is 0 Å². The molecule has 2 nitrogen and oxygen atoms in total. The Morgan fingerprint density at radius 3 is 2.00 bits per heavy atom. The topological polar surface area (TPSA) is 37.3 Å². The maximum atomic E-state index is 11.0. The Balaban J connectivity index is 2.49. The molecule has 1 atom stereocenters. The van der Waals surface area contributed by atoms with Crippen LogP contribution in [0, 0.1) is 0 Å². The highest BCUT2D eigenvalue weighted by Crippen LogP contribution is 2.28. The number of hydrogen-bond acceptors (Lipinski definition) is 1. The molecule has 0 spiro atoms. The number of rotatable bonds is 16. The van der Waals surface area contributed by atoms with E-state index in [2.05, 4.69) is 38.1 Å². The highest BCUT2D eigenvalue weighted by atomic mass is 16.4. The second-order valence-corrected chi connectivity index (χ2v) is 7.74. The zero-order chi connectivity index (χ0) is 19.0. The third-order valence-electron chi connectivity index (χ3n) is 5.38. The average Bonchev–Trinajstić information content (AvgIpc) is 2.64. The van der Waals surface area contributed by atoms with E-state index in [-0.39, 0.29) is 6.42 Å². The van der Waals surface area contributed by atoms with Crippen molar-refractivity contribution in [3.05, 3.63) is 35.4 Å². The van der Waals surface area contributed by atoms with Crippen LogP contribution in [0.1, 0.15) is 114 Å². The lowest BCUT2D eigenvalue weighted by Gasteiger charge is -2.17. The summed E-state index contributed by atoms with van der Waals surface area (Å²) < 4.78 is 0. The van der Waals surface area contributed by atoms with Gasteiger partial charge in [0.25, 0.3) is 0 Å². The summed E-state index contributed by atoms with van der Waals surface area (Å²) in [5, 5.41) is 9.06. The molecule has 1 rings (SSSR count). The molecular weight excluding hydrogens is 320 g/mol. The first-order valence-corrected chi connectivity index (χ1v) is 11.0. The fourth-order valence-electron chi connectivity index (χ4n) is 3.66. The quantitative estimate of drug-likeness (QED) is 0.310. The fourth-order valence-corrected chi connectivity index (χ4v) is 3.66. The van der Waals surface area contributed by atoms with Crippen molar-refractivity contribution in [1.82, 2.24) is 0 Å². The smallest absolute Gasteiger partial charge is 0.303 e. The van der Waals surface area contributed by atoms with Crippen molar-refractivity contribution in [3.8, 4) is 0 Å². The summed E-state index contributed by atoms with van der Waals surface area (Å²) in [4.78, 5) is 11.0. The first-order valence-electron chi connectivity index (χ1n) is 11.0. The number of carboxylic acid groups (broad SMARTS) is 1. The molecule has 0 aliphatic carbocycles. The van der Waals surface area contributed by atoms with Gasteiger partial charge in [-0.3, -0.25) is 4.79 Å². The van der Waals surface area contributed by atoms with Gasteiger partial charge < -0.3 is 5.11 Å². The fraction of sp³-hybridized carbons (Fsp3) is 0.708. The first-order chi connectivity index (χ1) is 12.7. The van der Waals surface area contributed by atoms with E-state index in [4.69, 9.17) is 5.11 Å². The molecule has 0 fully saturated rings. The van der Waals surface area contributed by atoms with Gasteiger partial charge in [-0.1, -0.05) is 95.9 Å². The van der Waals surface area contributed by atoms with Crippen LogP contribution in [-0.4, -0.2) is 11.1 Å². The zero-order valence-corrected chi connectivity index (χ0v) is 17.1. The van der Waals surface area contributed by atoms with E-state index in [1.165, 1.54) is 75.3 Å². The van der Waals surface area contributed by atoms with Gasteiger partial charge in [-0.05, 0) is 42.7 Å². The number of carbonyl (C=O) groups is 1. The van der Waals surface area contributed by atoms with Crippen LogP contribution in [0.2, 0.25) is 0 Å². The van der Waals surface area contributed by atoms with Gasteiger partial charge in [0.05, 0.1) is 0 Å². The van der Waals surface area contributed by atoms with Gasteiger partial charge in [0.1, 0.15) is 0 Å². The number of benzene rings is 1. The summed E-state index contributed by atoms with van der Waals surface area (Å²) in [7, 11) is 0. The molecule has 0 aliphatic rings. The number of aryl methyl sites for hydroxylation is 1.